The molecule has 2 fully saturated rings. The number of nitrogens with one attached hydrogen (secondary N) is 1. The summed E-state index contributed by atoms with van der Waals surface area (Å²) in [6.45, 7) is 0.900. The van der Waals surface area contributed by atoms with Crippen molar-refractivity contribution in [2.24, 2.45) is 17.1 Å². The lowest BCUT2D eigenvalue weighted by Gasteiger charge is -2.16. The molecule has 1 heterocycles. The molecule has 2 aliphatic carbocycles. The summed E-state index contributed by atoms with van der Waals surface area (Å²) in [4.78, 5) is 15.3. The van der Waals surface area contributed by atoms with Crippen molar-refractivity contribution in [3.05, 3.63) is 17.8 Å². The Kier molecular flexibility index (Phi) is 2.43. The van der Waals surface area contributed by atoms with E-state index in [0.717, 1.165) is 12.5 Å². The highest BCUT2D eigenvalue weighted by Gasteiger charge is 2.53. The van der Waals surface area contributed by atoms with Crippen LogP contribution in [0.15, 0.2) is 12.1 Å². The van der Waals surface area contributed by atoms with E-state index in [4.69, 9.17) is 11.5 Å². The molecule has 0 aliphatic heterocycles. The van der Waals surface area contributed by atoms with Gasteiger partial charge in [0.15, 0.2) is 0 Å². The molecule has 5 nitrogen and oxygen atoms in total. The summed E-state index contributed by atoms with van der Waals surface area (Å²) in [5, 5.41) is 3.29. The van der Waals surface area contributed by atoms with Crippen molar-refractivity contribution in [3.63, 3.8) is 0 Å². The third kappa shape index (κ3) is 2.00. The molecule has 0 atom stereocenters. The molecule has 1 aromatic heterocycles. The standard InChI is InChI=1S/C13H18N4O/c14-9-3-4-10(11(15)18)17-12(9)16-7-13(5-6-13)8-1-2-8/h3-4,8H,1-2,5-7,14H2,(H2,15,18)(H,16,17). The highest BCUT2D eigenvalue weighted by Crippen LogP contribution is 2.61. The summed E-state index contributed by atoms with van der Waals surface area (Å²) >= 11 is 0. The van der Waals surface area contributed by atoms with Crippen molar-refractivity contribution in [2.75, 3.05) is 17.6 Å². The third-order valence-corrected chi connectivity index (χ3v) is 4.12. The Bertz CT molecular complexity index is 492. The molecule has 2 aliphatic rings. The van der Waals surface area contributed by atoms with Crippen LogP contribution in [-0.4, -0.2) is 17.4 Å². The van der Waals surface area contributed by atoms with Crippen molar-refractivity contribution < 1.29 is 4.79 Å². The fourth-order valence-electron chi connectivity index (χ4n) is 2.59. The summed E-state index contributed by atoms with van der Waals surface area (Å²) in [6, 6.07) is 3.22. The molecule has 0 radical (unpaired) electrons. The number of amides is 1. The van der Waals surface area contributed by atoms with Crippen LogP contribution in [0.2, 0.25) is 0 Å². The first-order valence-electron chi connectivity index (χ1n) is 6.41. The molecule has 5 N–H and O–H groups in total. The minimum atomic E-state index is -0.527. The molecule has 96 valence electrons. The van der Waals surface area contributed by atoms with E-state index < -0.39 is 5.91 Å². The van der Waals surface area contributed by atoms with Crippen LogP contribution in [0.4, 0.5) is 11.5 Å². The summed E-state index contributed by atoms with van der Waals surface area (Å²) in [5.74, 6) is 0.935. The van der Waals surface area contributed by atoms with Crippen LogP contribution >= 0.6 is 0 Å². The number of nitrogens with zero attached hydrogens (tertiary/aromatic N) is 1. The van der Waals surface area contributed by atoms with E-state index in [1.165, 1.54) is 25.7 Å². The largest absolute Gasteiger partial charge is 0.396 e. The number of nitrogen functional groups attached to an aromatic ring is 1. The average molecular weight is 246 g/mol. The smallest absolute Gasteiger partial charge is 0.267 e. The molecule has 3 rings (SSSR count). The Morgan fingerprint density at radius 1 is 1.44 bits per heavy atom. The van der Waals surface area contributed by atoms with Crippen LogP contribution in [-0.2, 0) is 0 Å². The lowest BCUT2D eigenvalue weighted by molar-refractivity contribution is 0.0996. The number of primary amides is 1. The Morgan fingerprint density at radius 2 is 2.17 bits per heavy atom. The first-order chi connectivity index (χ1) is 8.61. The number of carbonyl (C=O) groups is 1. The Hall–Kier alpha value is -1.78. The second-order valence-corrected chi connectivity index (χ2v) is 5.49. The maximum Gasteiger partial charge on any atom is 0.267 e. The van der Waals surface area contributed by atoms with E-state index in [-0.39, 0.29) is 5.69 Å². The maximum absolute atomic E-state index is 11.1. The van der Waals surface area contributed by atoms with Gasteiger partial charge in [-0.05, 0) is 49.1 Å². The predicted molar refractivity (Wildman–Crippen MR) is 70.0 cm³/mol. The highest BCUT2D eigenvalue weighted by atomic mass is 16.1. The van der Waals surface area contributed by atoms with E-state index in [0.29, 0.717) is 16.9 Å². The molecule has 1 aromatic rings. The average Bonchev–Trinajstić information content (AvgIpc) is 3.20. The van der Waals surface area contributed by atoms with E-state index >= 15 is 0 Å². The Morgan fingerprint density at radius 3 is 2.72 bits per heavy atom. The molecule has 2 saturated carbocycles. The van der Waals surface area contributed by atoms with Gasteiger partial charge in [0.1, 0.15) is 11.5 Å². The van der Waals surface area contributed by atoms with Crippen molar-refractivity contribution in [1.29, 1.82) is 0 Å². The van der Waals surface area contributed by atoms with Crippen LogP contribution in [0.1, 0.15) is 36.2 Å². The zero-order valence-corrected chi connectivity index (χ0v) is 10.3. The highest BCUT2D eigenvalue weighted by molar-refractivity contribution is 5.91. The Balaban J connectivity index is 1.71. The number of carbonyl (C=O) groups excluding carboxylic acids is 1. The van der Waals surface area contributed by atoms with Gasteiger partial charge in [-0.25, -0.2) is 4.98 Å². The summed E-state index contributed by atoms with van der Waals surface area (Å²) in [7, 11) is 0. The molecule has 0 bridgehead atoms. The number of anilines is 2. The van der Waals surface area contributed by atoms with Gasteiger partial charge in [-0.15, -0.1) is 0 Å². The van der Waals surface area contributed by atoms with Gasteiger partial charge < -0.3 is 16.8 Å². The second kappa shape index (κ2) is 3.86. The van der Waals surface area contributed by atoms with Gasteiger partial charge in [0, 0.05) is 6.54 Å². The van der Waals surface area contributed by atoms with Crippen LogP contribution in [0.5, 0.6) is 0 Å². The molecule has 0 saturated heterocycles. The first-order valence-corrected chi connectivity index (χ1v) is 6.41. The molecule has 1 amide bonds. The number of aromatic nitrogens is 1. The van der Waals surface area contributed by atoms with Crippen LogP contribution in [0.3, 0.4) is 0 Å². The topological polar surface area (TPSA) is 94.0 Å². The minimum Gasteiger partial charge on any atom is -0.396 e. The molecular formula is C13H18N4O. The summed E-state index contributed by atoms with van der Waals surface area (Å²) in [5.41, 5.74) is 12.4. The number of hydrogen-bond donors (Lipinski definition) is 3. The van der Waals surface area contributed by atoms with Gasteiger partial charge in [-0.1, -0.05) is 0 Å². The van der Waals surface area contributed by atoms with E-state index in [1.54, 1.807) is 12.1 Å². The molecule has 5 heteroatoms. The van der Waals surface area contributed by atoms with Gasteiger partial charge >= 0.3 is 0 Å². The SMILES string of the molecule is NC(=O)c1ccc(N)c(NCC2(C3CC3)CC2)n1. The van der Waals surface area contributed by atoms with Crippen LogP contribution in [0.25, 0.3) is 0 Å². The van der Waals surface area contributed by atoms with Crippen LogP contribution < -0.4 is 16.8 Å². The molecule has 18 heavy (non-hydrogen) atoms. The molecule has 0 spiro atoms. The maximum atomic E-state index is 11.1. The first kappa shape index (κ1) is 11.3. The molecule has 0 unspecified atom stereocenters. The van der Waals surface area contributed by atoms with Gasteiger partial charge in [0.05, 0.1) is 5.69 Å². The van der Waals surface area contributed by atoms with E-state index in [2.05, 4.69) is 10.3 Å². The van der Waals surface area contributed by atoms with Gasteiger partial charge in [0.25, 0.3) is 5.91 Å². The van der Waals surface area contributed by atoms with Crippen molar-refractivity contribution >= 4 is 17.4 Å². The second-order valence-electron chi connectivity index (χ2n) is 5.49. The zero-order valence-electron chi connectivity index (χ0n) is 10.3. The monoisotopic (exact) mass is 246 g/mol. The lowest BCUT2D eigenvalue weighted by Crippen LogP contribution is -2.20. The Labute approximate surface area is 106 Å². The van der Waals surface area contributed by atoms with Gasteiger partial charge in [0.2, 0.25) is 0 Å². The number of rotatable bonds is 5. The minimum absolute atomic E-state index is 0.253. The van der Waals surface area contributed by atoms with Crippen molar-refractivity contribution in [3.8, 4) is 0 Å². The normalized spacial score (nSPS) is 20.4. The third-order valence-electron chi connectivity index (χ3n) is 4.12. The quantitative estimate of drug-likeness (QED) is 0.731. The number of hydrogen-bond acceptors (Lipinski definition) is 4. The number of pyridine rings is 1. The fourth-order valence-corrected chi connectivity index (χ4v) is 2.59. The zero-order chi connectivity index (χ0) is 12.8. The predicted octanol–water partition coefficient (Wildman–Crippen LogP) is 1.36. The van der Waals surface area contributed by atoms with Gasteiger partial charge in [-0.2, -0.15) is 0 Å². The fraction of sp³-hybridized carbons (Fsp3) is 0.538. The van der Waals surface area contributed by atoms with Crippen LogP contribution in [0, 0.1) is 11.3 Å². The summed E-state index contributed by atoms with van der Waals surface area (Å²) in [6.07, 6.45) is 5.29. The van der Waals surface area contributed by atoms with Crippen molar-refractivity contribution in [2.45, 2.75) is 25.7 Å². The van der Waals surface area contributed by atoms with E-state index in [9.17, 15) is 4.79 Å². The van der Waals surface area contributed by atoms with E-state index in [1.807, 2.05) is 0 Å². The molecular weight excluding hydrogens is 228 g/mol. The van der Waals surface area contributed by atoms with Gasteiger partial charge in [-0.3, -0.25) is 4.79 Å². The lowest BCUT2D eigenvalue weighted by atomic mass is 10.0. The number of nitrogens with two attached hydrogens (primary N) is 2. The summed E-state index contributed by atoms with van der Waals surface area (Å²) < 4.78 is 0. The molecule has 0 aromatic carbocycles. The van der Waals surface area contributed by atoms with Crippen molar-refractivity contribution in [1.82, 2.24) is 4.98 Å².